The number of benzene rings is 1. The van der Waals surface area contributed by atoms with E-state index in [0.717, 1.165) is 17.0 Å². The molecule has 1 aromatic carbocycles. The zero-order chi connectivity index (χ0) is 15.5. The van der Waals surface area contributed by atoms with Crippen molar-refractivity contribution in [2.75, 3.05) is 0 Å². The molecule has 0 saturated heterocycles. The first-order valence-corrected chi connectivity index (χ1v) is 7.78. The molecule has 116 valence electrons. The number of aromatic nitrogens is 2. The molecule has 0 bridgehead atoms. The fourth-order valence-corrected chi connectivity index (χ4v) is 2.94. The molecular weight excluding hydrogens is 300 g/mol. The van der Waals surface area contributed by atoms with Gasteiger partial charge < -0.3 is 15.2 Å². The van der Waals surface area contributed by atoms with E-state index in [0.29, 0.717) is 12.5 Å². The smallest absolute Gasteiger partial charge is 0.315 e. The van der Waals surface area contributed by atoms with Crippen molar-refractivity contribution in [2.24, 2.45) is 0 Å². The van der Waals surface area contributed by atoms with Gasteiger partial charge in [0.2, 0.25) is 0 Å². The molecule has 5 nitrogen and oxygen atoms in total. The molecule has 1 heterocycles. The van der Waals surface area contributed by atoms with Gasteiger partial charge in [0.25, 0.3) is 0 Å². The van der Waals surface area contributed by atoms with Crippen molar-refractivity contribution >= 4 is 17.6 Å². The minimum absolute atomic E-state index is 0.0340. The van der Waals surface area contributed by atoms with Crippen LogP contribution in [0.3, 0.4) is 0 Å². The third-order valence-electron chi connectivity index (χ3n) is 3.83. The second-order valence-corrected chi connectivity index (χ2v) is 6.16. The first kappa shape index (κ1) is 14.9. The van der Waals surface area contributed by atoms with Gasteiger partial charge in [0.15, 0.2) is 0 Å². The highest BCUT2D eigenvalue weighted by Gasteiger charge is 2.40. The van der Waals surface area contributed by atoms with Crippen molar-refractivity contribution in [3.05, 3.63) is 53.6 Å². The minimum atomic E-state index is -0.132. The van der Waals surface area contributed by atoms with Crippen molar-refractivity contribution in [3.8, 4) is 0 Å². The summed E-state index contributed by atoms with van der Waals surface area (Å²) in [6.07, 6.45) is 6.28. The Hall–Kier alpha value is -2.01. The predicted molar refractivity (Wildman–Crippen MR) is 86.0 cm³/mol. The maximum atomic E-state index is 12.0. The number of urea groups is 1. The largest absolute Gasteiger partial charge is 0.335 e. The van der Waals surface area contributed by atoms with Gasteiger partial charge in [-0.05, 0) is 25.0 Å². The van der Waals surface area contributed by atoms with Crippen LogP contribution in [0.25, 0.3) is 0 Å². The van der Waals surface area contributed by atoms with Crippen LogP contribution in [0.5, 0.6) is 0 Å². The van der Waals surface area contributed by atoms with Gasteiger partial charge in [-0.15, -0.1) is 0 Å². The topological polar surface area (TPSA) is 59.0 Å². The van der Waals surface area contributed by atoms with E-state index in [1.165, 1.54) is 0 Å². The lowest BCUT2D eigenvalue weighted by Gasteiger charge is -2.15. The van der Waals surface area contributed by atoms with Crippen LogP contribution in [0.2, 0.25) is 5.02 Å². The fourth-order valence-electron chi connectivity index (χ4n) is 2.66. The van der Waals surface area contributed by atoms with Crippen molar-refractivity contribution in [1.82, 2.24) is 20.2 Å². The van der Waals surface area contributed by atoms with E-state index in [1.54, 1.807) is 12.5 Å². The van der Waals surface area contributed by atoms with E-state index in [4.69, 9.17) is 11.6 Å². The quantitative estimate of drug-likeness (QED) is 0.890. The Labute approximate surface area is 134 Å². The summed E-state index contributed by atoms with van der Waals surface area (Å²) in [6, 6.07) is 7.87. The number of imidazole rings is 1. The second-order valence-electron chi connectivity index (χ2n) is 5.75. The molecule has 2 aromatic rings. The highest BCUT2D eigenvalue weighted by atomic mass is 35.5. The predicted octanol–water partition coefficient (Wildman–Crippen LogP) is 2.78. The first-order valence-electron chi connectivity index (χ1n) is 7.40. The normalized spacial score (nSPS) is 21.2. The summed E-state index contributed by atoms with van der Waals surface area (Å²) < 4.78 is 1.94. The molecule has 1 fully saturated rings. The van der Waals surface area contributed by atoms with Crippen LogP contribution in [-0.4, -0.2) is 27.7 Å². The van der Waals surface area contributed by atoms with Crippen LogP contribution in [0.1, 0.15) is 24.8 Å². The lowest BCUT2D eigenvalue weighted by molar-refractivity contribution is 0.236. The molecule has 2 amide bonds. The maximum absolute atomic E-state index is 12.0. The molecule has 0 aliphatic heterocycles. The monoisotopic (exact) mass is 318 g/mol. The first-order chi connectivity index (χ1) is 10.6. The summed E-state index contributed by atoms with van der Waals surface area (Å²) in [7, 11) is 0. The molecule has 1 aliphatic rings. The molecule has 0 radical (unpaired) electrons. The van der Waals surface area contributed by atoms with Gasteiger partial charge in [0.1, 0.15) is 0 Å². The van der Waals surface area contributed by atoms with E-state index in [-0.39, 0.29) is 18.1 Å². The van der Waals surface area contributed by atoms with E-state index >= 15 is 0 Å². The van der Waals surface area contributed by atoms with E-state index in [1.807, 2.05) is 42.0 Å². The Bertz CT molecular complexity index is 643. The van der Waals surface area contributed by atoms with Crippen molar-refractivity contribution < 1.29 is 4.79 Å². The number of nitrogens with one attached hydrogen (secondary N) is 2. The van der Waals surface area contributed by atoms with Gasteiger partial charge in [-0.1, -0.05) is 29.8 Å². The van der Waals surface area contributed by atoms with Gasteiger partial charge in [-0.2, -0.15) is 0 Å². The van der Waals surface area contributed by atoms with Gasteiger partial charge in [0, 0.05) is 42.0 Å². The molecule has 3 rings (SSSR count). The number of carbonyl (C=O) groups is 1. The molecule has 3 atom stereocenters. The van der Waals surface area contributed by atoms with Crippen LogP contribution >= 0.6 is 11.6 Å². The number of amides is 2. The zero-order valence-corrected chi connectivity index (χ0v) is 13.1. The third-order valence-corrected chi connectivity index (χ3v) is 4.18. The summed E-state index contributed by atoms with van der Waals surface area (Å²) in [5.74, 6) is 0.323. The number of halogens is 1. The van der Waals surface area contributed by atoms with Crippen LogP contribution in [0.15, 0.2) is 43.0 Å². The molecule has 0 spiro atoms. The SMILES string of the molecule is C[C@H](Cn1ccnc1)NC(=O)N[C@@H]1C[C@@H]1c1ccccc1Cl. The zero-order valence-electron chi connectivity index (χ0n) is 12.4. The average molecular weight is 319 g/mol. The molecule has 22 heavy (non-hydrogen) atoms. The summed E-state index contributed by atoms with van der Waals surface area (Å²) in [5.41, 5.74) is 1.11. The third kappa shape index (κ3) is 3.60. The van der Waals surface area contributed by atoms with E-state index < -0.39 is 0 Å². The molecular formula is C16H19ClN4O. The van der Waals surface area contributed by atoms with Crippen LogP contribution in [0.4, 0.5) is 4.79 Å². The van der Waals surface area contributed by atoms with Crippen molar-refractivity contribution in [2.45, 2.75) is 37.9 Å². The number of rotatable bonds is 5. The highest BCUT2D eigenvalue weighted by Crippen LogP contribution is 2.43. The van der Waals surface area contributed by atoms with Crippen LogP contribution in [-0.2, 0) is 6.54 Å². The fraction of sp³-hybridized carbons (Fsp3) is 0.375. The van der Waals surface area contributed by atoms with Gasteiger partial charge in [0.05, 0.1) is 6.33 Å². The maximum Gasteiger partial charge on any atom is 0.315 e. The molecule has 6 heteroatoms. The standard InChI is InChI=1S/C16H19ClN4O/c1-11(9-21-7-6-18-10-21)19-16(22)20-15-8-13(15)12-4-2-3-5-14(12)17/h2-7,10-11,13,15H,8-9H2,1H3,(H2,19,20,22)/t11-,13-,15-/m1/s1. The summed E-state index contributed by atoms with van der Waals surface area (Å²) >= 11 is 6.19. The van der Waals surface area contributed by atoms with Crippen molar-refractivity contribution in [1.29, 1.82) is 0 Å². The Balaban J connectivity index is 1.46. The highest BCUT2D eigenvalue weighted by molar-refractivity contribution is 6.31. The summed E-state index contributed by atoms with van der Waals surface area (Å²) in [6.45, 7) is 2.67. The minimum Gasteiger partial charge on any atom is -0.335 e. The lowest BCUT2D eigenvalue weighted by atomic mass is 10.1. The number of hydrogen-bond donors (Lipinski definition) is 2. The summed E-state index contributed by atoms with van der Waals surface area (Å²) in [5, 5.41) is 6.72. The average Bonchev–Trinajstić information content (AvgIpc) is 3.02. The van der Waals surface area contributed by atoms with Gasteiger partial charge in [-0.25, -0.2) is 9.78 Å². The molecule has 1 saturated carbocycles. The Kier molecular flexibility index (Phi) is 4.34. The molecule has 1 aromatic heterocycles. The Morgan fingerprint density at radius 2 is 2.32 bits per heavy atom. The molecule has 1 aliphatic carbocycles. The second kappa shape index (κ2) is 6.40. The van der Waals surface area contributed by atoms with Gasteiger partial charge >= 0.3 is 6.03 Å². The van der Waals surface area contributed by atoms with Crippen LogP contribution in [0, 0.1) is 0 Å². The van der Waals surface area contributed by atoms with Gasteiger partial charge in [-0.3, -0.25) is 0 Å². The summed E-state index contributed by atoms with van der Waals surface area (Å²) in [4.78, 5) is 16.0. The molecule has 0 unspecified atom stereocenters. The Morgan fingerprint density at radius 1 is 1.50 bits per heavy atom. The van der Waals surface area contributed by atoms with E-state index in [2.05, 4.69) is 15.6 Å². The van der Waals surface area contributed by atoms with E-state index in [9.17, 15) is 4.79 Å². The van der Waals surface area contributed by atoms with Crippen molar-refractivity contribution in [3.63, 3.8) is 0 Å². The Morgan fingerprint density at radius 3 is 3.05 bits per heavy atom. The molecule has 2 N–H and O–H groups in total. The lowest BCUT2D eigenvalue weighted by Crippen LogP contribution is -2.43. The number of carbonyl (C=O) groups excluding carboxylic acids is 1. The number of nitrogens with zero attached hydrogens (tertiary/aromatic N) is 2. The van der Waals surface area contributed by atoms with Crippen LogP contribution < -0.4 is 10.6 Å². The number of hydrogen-bond acceptors (Lipinski definition) is 2.